The normalized spacial score (nSPS) is 14.0. The summed E-state index contributed by atoms with van der Waals surface area (Å²) in [4.78, 5) is 35.6. The van der Waals surface area contributed by atoms with E-state index in [4.69, 9.17) is 9.47 Å². The number of piperazine rings is 1. The second-order valence-corrected chi connectivity index (χ2v) is 5.71. The van der Waals surface area contributed by atoms with Gasteiger partial charge in [0, 0.05) is 38.6 Å². The zero-order valence-corrected chi connectivity index (χ0v) is 14.5. The maximum absolute atomic E-state index is 12.3. The van der Waals surface area contributed by atoms with Crippen molar-refractivity contribution in [1.82, 2.24) is 14.9 Å². The molecule has 1 amide bonds. The van der Waals surface area contributed by atoms with Crippen LogP contribution >= 0.6 is 0 Å². The molecule has 3 rings (SSSR count). The van der Waals surface area contributed by atoms with Crippen LogP contribution in [0.15, 0.2) is 42.9 Å². The lowest BCUT2D eigenvalue weighted by atomic mass is 10.2. The second-order valence-electron chi connectivity index (χ2n) is 5.71. The van der Waals surface area contributed by atoms with Crippen LogP contribution in [0.4, 0.5) is 5.69 Å². The van der Waals surface area contributed by atoms with Gasteiger partial charge >= 0.3 is 5.97 Å². The fourth-order valence-electron chi connectivity index (χ4n) is 2.78. The number of nitrogens with zero attached hydrogens (tertiary/aromatic N) is 4. The summed E-state index contributed by atoms with van der Waals surface area (Å²) >= 11 is 0. The van der Waals surface area contributed by atoms with Gasteiger partial charge in [-0.15, -0.1) is 0 Å². The first kappa shape index (κ1) is 17.7. The number of hydrogen-bond donors (Lipinski definition) is 0. The van der Waals surface area contributed by atoms with Gasteiger partial charge in [0.1, 0.15) is 5.75 Å². The van der Waals surface area contributed by atoms with E-state index in [0.29, 0.717) is 26.2 Å². The van der Waals surface area contributed by atoms with Gasteiger partial charge in [0.15, 0.2) is 12.3 Å². The van der Waals surface area contributed by atoms with Gasteiger partial charge in [-0.05, 0) is 12.1 Å². The molecule has 1 aromatic carbocycles. The van der Waals surface area contributed by atoms with Crippen LogP contribution < -0.4 is 9.64 Å². The van der Waals surface area contributed by atoms with Crippen molar-refractivity contribution in [2.45, 2.75) is 0 Å². The van der Waals surface area contributed by atoms with E-state index in [9.17, 15) is 9.59 Å². The van der Waals surface area contributed by atoms with Gasteiger partial charge in [0.05, 0.1) is 19.0 Å². The number of methoxy groups -OCH3 is 1. The molecule has 26 heavy (non-hydrogen) atoms. The predicted octanol–water partition coefficient (Wildman–Crippen LogP) is 0.991. The summed E-state index contributed by atoms with van der Waals surface area (Å²) in [5, 5.41) is 0. The molecule has 8 nitrogen and oxygen atoms in total. The van der Waals surface area contributed by atoms with E-state index in [2.05, 4.69) is 14.9 Å². The van der Waals surface area contributed by atoms with Crippen molar-refractivity contribution in [3.63, 3.8) is 0 Å². The van der Waals surface area contributed by atoms with Crippen molar-refractivity contribution in [2.75, 3.05) is 44.8 Å². The first-order valence-electron chi connectivity index (χ1n) is 8.28. The third-order valence-electron chi connectivity index (χ3n) is 4.16. The smallest absolute Gasteiger partial charge is 0.359 e. The van der Waals surface area contributed by atoms with Gasteiger partial charge in [-0.3, -0.25) is 9.78 Å². The van der Waals surface area contributed by atoms with Crippen molar-refractivity contribution in [1.29, 1.82) is 0 Å². The molecule has 0 spiro atoms. The van der Waals surface area contributed by atoms with Crippen molar-refractivity contribution in [3.05, 3.63) is 48.5 Å². The Morgan fingerprint density at radius 1 is 1.12 bits per heavy atom. The van der Waals surface area contributed by atoms with Crippen LogP contribution in [0.2, 0.25) is 0 Å². The van der Waals surface area contributed by atoms with Crippen molar-refractivity contribution in [3.8, 4) is 5.75 Å². The predicted molar refractivity (Wildman–Crippen MR) is 94.1 cm³/mol. The summed E-state index contributed by atoms with van der Waals surface area (Å²) in [6, 6.07) is 7.80. The fraction of sp³-hybridized carbons (Fsp3) is 0.333. The molecule has 1 saturated heterocycles. The molecule has 1 fully saturated rings. The highest BCUT2D eigenvalue weighted by Gasteiger charge is 2.23. The summed E-state index contributed by atoms with van der Waals surface area (Å²) < 4.78 is 10.4. The number of anilines is 1. The van der Waals surface area contributed by atoms with Crippen LogP contribution in [0, 0.1) is 0 Å². The molecule has 8 heteroatoms. The molecule has 1 aromatic heterocycles. The molecule has 0 saturated carbocycles. The molecule has 0 atom stereocenters. The number of aromatic nitrogens is 2. The standard InChI is InChI=1S/C18H20N4O4/c1-25-16-5-3-2-4-15(16)21-8-10-22(11-9-21)17(23)13-26-18(24)14-12-19-6-7-20-14/h2-7,12H,8-11,13H2,1H3. The third-order valence-corrected chi connectivity index (χ3v) is 4.16. The summed E-state index contributed by atoms with van der Waals surface area (Å²) in [6.45, 7) is 2.18. The molecule has 0 aliphatic carbocycles. The number of carbonyl (C=O) groups excluding carboxylic acids is 2. The Kier molecular flexibility index (Phi) is 5.62. The van der Waals surface area contributed by atoms with Crippen LogP contribution in [0.25, 0.3) is 0 Å². The number of rotatable bonds is 5. The summed E-state index contributed by atoms with van der Waals surface area (Å²) in [7, 11) is 1.64. The van der Waals surface area contributed by atoms with Gasteiger partial charge in [-0.1, -0.05) is 12.1 Å². The largest absolute Gasteiger partial charge is 0.495 e. The number of benzene rings is 1. The Hall–Kier alpha value is -3.16. The number of para-hydroxylation sites is 2. The summed E-state index contributed by atoms with van der Waals surface area (Å²) in [5.41, 5.74) is 1.09. The Labute approximate surface area is 151 Å². The Morgan fingerprint density at radius 3 is 2.58 bits per heavy atom. The zero-order valence-electron chi connectivity index (χ0n) is 14.5. The monoisotopic (exact) mass is 356 g/mol. The zero-order chi connectivity index (χ0) is 18.4. The lowest BCUT2D eigenvalue weighted by Crippen LogP contribution is -2.50. The summed E-state index contributed by atoms with van der Waals surface area (Å²) in [6.07, 6.45) is 4.16. The Balaban J connectivity index is 1.50. The first-order chi connectivity index (χ1) is 12.7. The van der Waals surface area contributed by atoms with Crippen molar-refractivity contribution < 1.29 is 19.1 Å². The van der Waals surface area contributed by atoms with Gasteiger partial charge in [-0.25, -0.2) is 9.78 Å². The van der Waals surface area contributed by atoms with Crippen LogP contribution in [0.1, 0.15) is 10.5 Å². The molecule has 0 N–H and O–H groups in total. The van der Waals surface area contributed by atoms with E-state index in [1.165, 1.54) is 18.6 Å². The Morgan fingerprint density at radius 2 is 1.88 bits per heavy atom. The highest BCUT2D eigenvalue weighted by Crippen LogP contribution is 2.28. The minimum absolute atomic E-state index is 0.0845. The first-order valence-corrected chi connectivity index (χ1v) is 8.28. The minimum Gasteiger partial charge on any atom is -0.495 e. The maximum Gasteiger partial charge on any atom is 0.359 e. The number of esters is 1. The van der Waals surface area contributed by atoms with Crippen LogP contribution in [0.5, 0.6) is 5.75 Å². The van der Waals surface area contributed by atoms with Crippen molar-refractivity contribution in [2.24, 2.45) is 0 Å². The minimum atomic E-state index is -0.654. The van der Waals surface area contributed by atoms with Gasteiger partial charge in [-0.2, -0.15) is 0 Å². The molecule has 136 valence electrons. The fourth-order valence-corrected chi connectivity index (χ4v) is 2.78. The van der Waals surface area contributed by atoms with E-state index >= 15 is 0 Å². The number of carbonyl (C=O) groups is 2. The van der Waals surface area contributed by atoms with Gasteiger partial charge in [0.25, 0.3) is 5.91 Å². The Bertz CT molecular complexity index is 761. The molecule has 0 bridgehead atoms. The average molecular weight is 356 g/mol. The molecule has 2 heterocycles. The maximum atomic E-state index is 12.3. The summed E-state index contributed by atoms with van der Waals surface area (Å²) in [5.74, 6) is -0.0637. The molecular formula is C18H20N4O4. The lowest BCUT2D eigenvalue weighted by Gasteiger charge is -2.36. The SMILES string of the molecule is COc1ccccc1N1CCN(C(=O)COC(=O)c2cnccn2)CC1. The quantitative estimate of drug-likeness (QED) is 0.739. The molecule has 0 unspecified atom stereocenters. The van der Waals surface area contributed by atoms with Gasteiger partial charge < -0.3 is 19.3 Å². The third kappa shape index (κ3) is 4.08. The van der Waals surface area contributed by atoms with Crippen LogP contribution in [0.3, 0.4) is 0 Å². The van der Waals surface area contributed by atoms with E-state index in [1.807, 2.05) is 24.3 Å². The van der Waals surface area contributed by atoms with E-state index in [-0.39, 0.29) is 18.2 Å². The van der Waals surface area contributed by atoms with E-state index in [0.717, 1.165) is 11.4 Å². The lowest BCUT2D eigenvalue weighted by molar-refractivity contribution is -0.134. The van der Waals surface area contributed by atoms with E-state index < -0.39 is 5.97 Å². The van der Waals surface area contributed by atoms with Crippen LogP contribution in [-0.2, 0) is 9.53 Å². The number of amides is 1. The average Bonchev–Trinajstić information content (AvgIpc) is 2.72. The molecule has 1 aliphatic heterocycles. The highest BCUT2D eigenvalue weighted by atomic mass is 16.5. The number of hydrogen-bond acceptors (Lipinski definition) is 7. The molecule has 2 aromatic rings. The van der Waals surface area contributed by atoms with Crippen molar-refractivity contribution >= 4 is 17.6 Å². The molecule has 0 radical (unpaired) electrons. The highest BCUT2D eigenvalue weighted by molar-refractivity contribution is 5.89. The molecule has 1 aliphatic rings. The second kappa shape index (κ2) is 8.28. The van der Waals surface area contributed by atoms with E-state index in [1.54, 1.807) is 12.0 Å². The number of ether oxygens (including phenoxy) is 2. The van der Waals surface area contributed by atoms with Gasteiger partial charge in [0.2, 0.25) is 0 Å². The topological polar surface area (TPSA) is 84.9 Å². The molecular weight excluding hydrogens is 336 g/mol. The van der Waals surface area contributed by atoms with Crippen LogP contribution in [-0.4, -0.2) is 66.6 Å².